The number of hydrogen-bond donors (Lipinski definition) is 4. The number of rotatable bonds is 7. The third-order valence-corrected chi connectivity index (χ3v) is 8.02. The largest absolute Gasteiger partial charge is 0.419 e. The summed E-state index contributed by atoms with van der Waals surface area (Å²) in [6.45, 7) is 1.94. The number of hydrogen-bond acceptors (Lipinski definition) is 7. The third kappa shape index (κ3) is 7.45. The van der Waals surface area contributed by atoms with Gasteiger partial charge in [0, 0.05) is 49.0 Å². The van der Waals surface area contributed by atoms with Crippen LogP contribution in [0.25, 0.3) is 11.1 Å². The lowest BCUT2D eigenvalue weighted by Crippen LogP contribution is -2.54. The van der Waals surface area contributed by atoms with Crippen molar-refractivity contribution in [2.75, 3.05) is 24.5 Å². The van der Waals surface area contributed by atoms with Crippen molar-refractivity contribution in [3.05, 3.63) is 76.5 Å². The summed E-state index contributed by atoms with van der Waals surface area (Å²) in [5, 5.41) is 16.7. The Bertz CT molecular complexity index is 1620. The third-order valence-electron chi connectivity index (χ3n) is 7.78. The fourth-order valence-corrected chi connectivity index (χ4v) is 5.58. The zero-order valence-corrected chi connectivity index (χ0v) is 24.3. The summed E-state index contributed by atoms with van der Waals surface area (Å²) in [7, 11) is 0. The lowest BCUT2D eigenvalue weighted by Gasteiger charge is -2.34. The quantitative estimate of drug-likeness (QED) is 0.292. The maximum Gasteiger partial charge on any atom is 0.419 e. The highest BCUT2D eigenvalue weighted by Crippen LogP contribution is 2.39. The van der Waals surface area contributed by atoms with Crippen molar-refractivity contribution in [1.82, 2.24) is 25.5 Å². The van der Waals surface area contributed by atoms with E-state index in [-0.39, 0.29) is 36.0 Å². The van der Waals surface area contributed by atoms with Gasteiger partial charge >= 0.3 is 12.2 Å². The summed E-state index contributed by atoms with van der Waals surface area (Å²) in [5.74, 6) is -0.784. The molecule has 2 aliphatic heterocycles. The smallest absolute Gasteiger partial charge is 0.356 e. The van der Waals surface area contributed by atoms with Crippen molar-refractivity contribution < 1.29 is 27.6 Å². The van der Waals surface area contributed by atoms with E-state index in [4.69, 9.17) is 17.0 Å². The number of amides is 3. The first-order valence-corrected chi connectivity index (χ1v) is 14.6. The van der Waals surface area contributed by atoms with Gasteiger partial charge in [0.25, 0.3) is 0 Å². The first-order valence-electron chi connectivity index (χ1n) is 14.2. The molecule has 14 heteroatoms. The molecule has 4 heterocycles. The molecule has 2 saturated heterocycles. The lowest BCUT2D eigenvalue weighted by atomic mass is 9.96. The second-order valence-corrected chi connectivity index (χ2v) is 11.3. The van der Waals surface area contributed by atoms with Crippen molar-refractivity contribution in [2.24, 2.45) is 5.92 Å². The van der Waals surface area contributed by atoms with Crippen molar-refractivity contribution in [3.8, 4) is 11.1 Å². The van der Waals surface area contributed by atoms with Gasteiger partial charge in [-0.25, -0.2) is 9.78 Å². The minimum atomic E-state index is -4.56. The van der Waals surface area contributed by atoms with Crippen LogP contribution in [0.15, 0.2) is 54.9 Å². The summed E-state index contributed by atoms with van der Waals surface area (Å²) in [6.07, 6.45) is 0.0194. The summed E-state index contributed by atoms with van der Waals surface area (Å²) in [5.41, 5.74) is 0.839. The van der Waals surface area contributed by atoms with Gasteiger partial charge in [-0.1, -0.05) is 23.7 Å². The number of carbonyl (C=O) groups excluding carboxylic acids is 3. The summed E-state index contributed by atoms with van der Waals surface area (Å²) < 4.78 is 43.2. The number of alkyl halides is 3. The number of halogens is 4. The molecule has 44 heavy (non-hydrogen) atoms. The molecule has 3 amide bonds. The van der Waals surface area contributed by atoms with Gasteiger partial charge in [0.1, 0.15) is 17.3 Å². The molecule has 232 valence electrons. The molecule has 3 aromatic rings. The van der Waals surface area contributed by atoms with E-state index in [1.165, 1.54) is 18.5 Å². The van der Waals surface area contributed by atoms with Crippen molar-refractivity contribution in [3.63, 3.8) is 0 Å². The molecule has 0 radical (unpaired) electrons. The normalized spacial score (nSPS) is 17.8. The zero-order valence-electron chi connectivity index (χ0n) is 23.6. The zero-order chi connectivity index (χ0) is 31.4. The van der Waals surface area contributed by atoms with E-state index >= 15 is 0 Å². The Kier molecular flexibility index (Phi) is 9.35. The van der Waals surface area contributed by atoms with E-state index in [2.05, 4.69) is 20.9 Å². The maximum absolute atomic E-state index is 14.0. The number of imide groups is 1. The number of piperidine rings is 2. The Labute approximate surface area is 256 Å². The molecule has 1 unspecified atom stereocenters. The topological polar surface area (TPSA) is 132 Å². The highest BCUT2D eigenvalue weighted by molar-refractivity contribution is 6.30. The van der Waals surface area contributed by atoms with Crippen molar-refractivity contribution >= 4 is 35.3 Å². The molecule has 5 rings (SSSR count). The highest BCUT2D eigenvalue weighted by Gasteiger charge is 2.37. The van der Waals surface area contributed by atoms with Crippen LogP contribution in [0.3, 0.4) is 0 Å². The van der Waals surface area contributed by atoms with E-state index in [0.717, 1.165) is 16.2 Å². The molecule has 2 aliphatic rings. The second kappa shape index (κ2) is 13.2. The fraction of sp³-hybridized carbons (Fsp3) is 0.367. The van der Waals surface area contributed by atoms with Gasteiger partial charge < -0.3 is 15.5 Å². The molecule has 2 aromatic heterocycles. The van der Waals surface area contributed by atoms with Gasteiger partial charge in [0.15, 0.2) is 0 Å². The van der Waals surface area contributed by atoms with Gasteiger partial charge in [-0.15, -0.1) is 0 Å². The van der Waals surface area contributed by atoms with Crippen molar-refractivity contribution in [2.45, 2.75) is 44.4 Å². The molecule has 1 aromatic carbocycles. The van der Waals surface area contributed by atoms with Crippen LogP contribution >= 0.6 is 11.6 Å². The Balaban J connectivity index is 1.13. The molecule has 1 atom stereocenters. The molecular formula is C30H31ClF3N7O3. The van der Waals surface area contributed by atoms with Gasteiger partial charge in [-0.05, 0) is 73.2 Å². The molecule has 0 spiro atoms. The summed E-state index contributed by atoms with van der Waals surface area (Å²) in [6, 6.07) is 9.52. The second-order valence-electron chi connectivity index (χ2n) is 10.9. The fourth-order valence-electron chi connectivity index (χ4n) is 5.39. The van der Waals surface area contributed by atoms with Crippen LogP contribution in [0.2, 0.25) is 5.02 Å². The lowest BCUT2D eigenvalue weighted by molar-refractivity contribution is -0.137. The van der Waals surface area contributed by atoms with E-state index in [0.29, 0.717) is 55.2 Å². The van der Waals surface area contributed by atoms with Crippen LogP contribution < -0.4 is 26.3 Å². The first-order chi connectivity index (χ1) is 21.0. The van der Waals surface area contributed by atoms with Crippen LogP contribution in [0.1, 0.15) is 36.8 Å². The van der Waals surface area contributed by atoms with Gasteiger partial charge in [0.05, 0.1) is 5.56 Å². The predicted octanol–water partition coefficient (Wildman–Crippen LogP) is 4.07. The number of pyridine rings is 2. The number of aromatic nitrogens is 2. The van der Waals surface area contributed by atoms with E-state index in [1.807, 2.05) is 0 Å². The Morgan fingerprint density at radius 2 is 1.86 bits per heavy atom. The van der Waals surface area contributed by atoms with Crippen LogP contribution in [0, 0.1) is 11.3 Å². The maximum atomic E-state index is 14.0. The number of nitrogens with one attached hydrogen (secondary N) is 4. The number of carbonyl (C=O) groups is 3. The SMILES string of the molecule is N=c1cc(CNCC2CCN(c3ncc(-c4cccc(Cl)c4)cc3C(F)(F)F)CC2)ccn1C(=O)NC1CCC(=O)NC1=O. The van der Waals surface area contributed by atoms with Gasteiger partial charge in [-0.3, -0.25) is 24.9 Å². The molecular weight excluding hydrogens is 599 g/mol. The average Bonchev–Trinajstić information content (AvgIpc) is 2.98. The molecule has 0 saturated carbocycles. The van der Waals surface area contributed by atoms with Crippen LogP contribution in [-0.4, -0.2) is 53.1 Å². The molecule has 4 N–H and O–H groups in total. The monoisotopic (exact) mass is 629 g/mol. The molecule has 2 fully saturated rings. The standard InChI is InChI=1S/C30H31ClF3N7O3/c31-22-3-1-2-20(13-22)21-14-23(30(32,33)34)27(37-17-21)40-9-6-18(7-10-40)15-36-16-19-8-11-41(25(35)12-19)29(44)38-24-4-5-26(42)39-28(24)43/h1-3,8,11-14,17-18,24,35-36H,4-7,9-10,15-16H2,(H,38,44)(H,39,42,43). The van der Waals surface area contributed by atoms with Crippen LogP contribution in [0.5, 0.6) is 0 Å². The minimum Gasteiger partial charge on any atom is -0.356 e. The first kappa shape index (κ1) is 31.2. The number of anilines is 1. The van der Waals surface area contributed by atoms with Crippen molar-refractivity contribution in [1.29, 1.82) is 5.41 Å². The molecule has 10 nitrogen and oxygen atoms in total. The average molecular weight is 630 g/mol. The Morgan fingerprint density at radius 3 is 2.55 bits per heavy atom. The Hall–Kier alpha value is -4.23. The number of nitrogens with zero attached hydrogens (tertiary/aromatic N) is 3. The summed E-state index contributed by atoms with van der Waals surface area (Å²) >= 11 is 6.03. The minimum absolute atomic E-state index is 0.0723. The molecule has 0 bridgehead atoms. The Morgan fingerprint density at radius 1 is 1.09 bits per heavy atom. The van der Waals surface area contributed by atoms with Gasteiger partial charge in [0.2, 0.25) is 11.8 Å². The highest BCUT2D eigenvalue weighted by atomic mass is 35.5. The van der Waals surface area contributed by atoms with E-state index in [1.54, 1.807) is 35.2 Å². The number of benzene rings is 1. The van der Waals surface area contributed by atoms with Crippen LogP contribution in [-0.2, 0) is 22.3 Å². The predicted molar refractivity (Wildman–Crippen MR) is 157 cm³/mol. The van der Waals surface area contributed by atoms with Gasteiger partial charge in [-0.2, -0.15) is 13.2 Å². The van der Waals surface area contributed by atoms with Crippen LogP contribution in [0.4, 0.5) is 23.8 Å². The molecule has 0 aliphatic carbocycles. The van der Waals surface area contributed by atoms with E-state index in [9.17, 15) is 27.6 Å². The summed E-state index contributed by atoms with van der Waals surface area (Å²) in [4.78, 5) is 41.7. The van der Waals surface area contributed by atoms with E-state index < -0.39 is 29.7 Å².